The average Bonchev–Trinajstić information content (AvgIpc) is 2.61. The van der Waals surface area contributed by atoms with Gasteiger partial charge in [0.2, 0.25) is 0 Å². The smallest absolute Gasteiger partial charge is 0.254 e. The monoisotopic (exact) mass is 335 g/mol. The molecule has 24 heavy (non-hydrogen) atoms. The first-order valence-electron chi connectivity index (χ1n) is 8.75. The number of piperidine rings is 1. The number of ether oxygens (including phenoxy) is 1. The molecule has 2 aliphatic rings. The molecule has 1 amide bonds. The lowest BCUT2D eigenvalue weighted by Gasteiger charge is -2.39. The van der Waals surface area contributed by atoms with Gasteiger partial charge in [0.05, 0.1) is 18.9 Å². The van der Waals surface area contributed by atoms with Crippen LogP contribution in [0.5, 0.6) is 0 Å². The molecule has 0 aromatic heterocycles. The normalized spacial score (nSPS) is 25.0. The second-order valence-electron chi connectivity index (χ2n) is 6.69. The molecular formula is C18H26FN3O2. The van der Waals surface area contributed by atoms with Gasteiger partial charge in [0.25, 0.3) is 5.91 Å². The van der Waals surface area contributed by atoms with Crippen molar-refractivity contribution in [3.63, 3.8) is 0 Å². The maximum atomic E-state index is 14.5. The number of benzene rings is 1. The fourth-order valence-electron chi connectivity index (χ4n) is 3.73. The van der Waals surface area contributed by atoms with Crippen LogP contribution in [0.1, 0.15) is 30.1 Å². The van der Waals surface area contributed by atoms with Gasteiger partial charge in [0.1, 0.15) is 5.82 Å². The number of nitrogens with two attached hydrogens (primary N) is 1. The molecule has 132 valence electrons. The quantitative estimate of drug-likeness (QED) is 0.916. The van der Waals surface area contributed by atoms with Gasteiger partial charge in [-0.3, -0.25) is 4.79 Å². The summed E-state index contributed by atoms with van der Waals surface area (Å²) in [6, 6.07) is 4.83. The number of carbonyl (C=O) groups is 1. The summed E-state index contributed by atoms with van der Waals surface area (Å²) >= 11 is 0. The predicted molar refractivity (Wildman–Crippen MR) is 91.7 cm³/mol. The van der Waals surface area contributed by atoms with Crippen LogP contribution in [-0.2, 0) is 4.74 Å². The van der Waals surface area contributed by atoms with Crippen LogP contribution < -0.4 is 10.6 Å². The minimum atomic E-state index is -0.350. The molecule has 6 heteroatoms. The summed E-state index contributed by atoms with van der Waals surface area (Å²) in [5, 5.41) is 0. The molecular weight excluding hydrogens is 309 g/mol. The van der Waals surface area contributed by atoms with Crippen molar-refractivity contribution in [2.45, 2.75) is 25.8 Å². The Morgan fingerprint density at radius 1 is 1.33 bits per heavy atom. The molecule has 2 aliphatic heterocycles. The molecule has 5 nitrogen and oxygen atoms in total. The summed E-state index contributed by atoms with van der Waals surface area (Å²) in [5.74, 6) is -0.0910. The van der Waals surface area contributed by atoms with E-state index in [1.165, 1.54) is 6.07 Å². The second-order valence-corrected chi connectivity index (χ2v) is 6.69. The molecule has 2 fully saturated rings. The Bertz CT molecular complexity index is 590. The van der Waals surface area contributed by atoms with Crippen molar-refractivity contribution in [2.75, 3.05) is 44.3 Å². The van der Waals surface area contributed by atoms with Crippen LogP contribution in [0.15, 0.2) is 18.2 Å². The van der Waals surface area contributed by atoms with Crippen molar-refractivity contribution < 1.29 is 13.9 Å². The third-order valence-electron chi connectivity index (χ3n) is 5.16. The molecule has 2 N–H and O–H groups in total. The van der Waals surface area contributed by atoms with Crippen molar-refractivity contribution in [1.82, 2.24) is 4.90 Å². The highest BCUT2D eigenvalue weighted by molar-refractivity contribution is 5.95. The zero-order valence-corrected chi connectivity index (χ0v) is 14.2. The topological polar surface area (TPSA) is 58.8 Å². The minimum Gasteiger partial charge on any atom is -0.378 e. The fraction of sp³-hybridized carbons (Fsp3) is 0.611. The Hall–Kier alpha value is -1.66. The van der Waals surface area contributed by atoms with Gasteiger partial charge in [-0.15, -0.1) is 0 Å². The number of hydrogen-bond acceptors (Lipinski definition) is 4. The van der Waals surface area contributed by atoms with E-state index < -0.39 is 0 Å². The molecule has 3 rings (SSSR count). The van der Waals surface area contributed by atoms with E-state index in [1.54, 1.807) is 12.1 Å². The number of likely N-dealkylation sites (tertiary alicyclic amines) is 1. The summed E-state index contributed by atoms with van der Waals surface area (Å²) in [6.07, 6.45) is 2.05. The second kappa shape index (κ2) is 7.49. The standard InChI is InChI=1S/C18H26FN3O2/c1-13-3-2-6-22(17(13)12-20)18(23)14-4-5-16(15(19)11-14)21-7-9-24-10-8-21/h4-5,11,13,17H,2-3,6-10,12,20H2,1H3. The van der Waals surface area contributed by atoms with E-state index in [2.05, 4.69) is 6.92 Å². The summed E-state index contributed by atoms with van der Waals surface area (Å²) in [4.78, 5) is 16.6. The van der Waals surface area contributed by atoms with E-state index >= 15 is 0 Å². The number of nitrogens with zero attached hydrogens (tertiary/aromatic N) is 2. The lowest BCUT2D eigenvalue weighted by molar-refractivity contribution is 0.0532. The van der Waals surface area contributed by atoms with Crippen LogP contribution in [0.25, 0.3) is 0 Å². The summed E-state index contributed by atoms with van der Waals surface area (Å²) in [7, 11) is 0. The van der Waals surface area contributed by atoms with E-state index in [0.717, 1.165) is 12.8 Å². The largest absolute Gasteiger partial charge is 0.378 e. The van der Waals surface area contributed by atoms with Crippen LogP contribution in [0.3, 0.4) is 0 Å². The van der Waals surface area contributed by atoms with Gasteiger partial charge in [-0.25, -0.2) is 4.39 Å². The molecule has 2 saturated heterocycles. The van der Waals surface area contributed by atoms with E-state index in [4.69, 9.17) is 10.5 Å². The Balaban J connectivity index is 1.78. The van der Waals surface area contributed by atoms with Crippen molar-refractivity contribution in [3.8, 4) is 0 Å². The molecule has 0 bridgehead atoms. The SMILES string of the molecule is CC1CCCN(C(=O)c2ccc(N3CCOCC3)c(F)c2)C1CN. The maximum absolute atomic E-state index is 14.5. The first-order valence-corrected chi connectivity index (χ1v) is 8.75. The number of rotatable bonds is 3. The Kier molecular flexibility index (Phi) is 5.36. The summed E-state index contributed by atoms with van der Waals surface area (Å²) < 4.78 is 19.8. The van der Waals surface area contributed by atoms with Gasteiger partial charge in [0.15, 0.2) is 0 Å². The maximum Gasteiger partial charge on any atom is 0.254 e. The van der Waals surface area contributed by atoms with Crippen LogP contribution in [0.4, 0.5) is 10.1 Å². The fourth-order valence-corrected chi connectivity index (χ4v) is 3.73. The lowest BCUT2D eigenvalue weighted by Crippen LogP contribution is -2.51. The van der Waals surface area contributed by atoms with Crippen LogP contribution in [-0.4, -0.2) is 56.2 Å². The zero-order chi connectivity index (χ0) is 17.1. The van der Waals surface area contributed by atoms with Crippen molar-refractivity contribution in [3.05, 3.63) is 29.6 Å². The highest BCUT2D eigenvalue weighted by Gasteiger charge is 2.31. The Morgan fingerprint density at radius 3 is 2.75 bits per heavy atom. The molecule has 1 aromatic rings. The lowest BCUT2D eigenvalue weighted by atomic mass is 9.90. The minimum absolute atomic E-state index is 0.0354. The number of amides is 1. The molecule has 1 aromatic carbocycles. The third-order valence-corrected chi connectivity index (χ3v) is 5.16. The van der Waals surface area contributed by atoms with E-state index in [-0.39, 0.29) is 17.8 Å². The predicted octanol–water partition coefficient (Wildman–Crippen LogP) is 1.86. The number of carbonyl (C=O) groups excluding carboxylic acids is 1. The van der Waals surface area contributed by atoms with E-state index in [9.17, 15) is 9.18 Å². The molecule has 2 heterocycles. The number of halogens is 1. The first-order chi connectivity index (χ1) is 11.6. The van der Waals surface area contributed by atoms with Gasteiger partial charge in [-0.05, 0) is 37.0 Å². The number of morpholine rings is 1. The van der Waals surface area contributed by atoms with Crippen molar-refractivity contribution in [2.24, 2.45) is 11.7 Å². The van der Waals surface area contributed by atoms with E-state index in [1.807, 2.05) is 9.80 Å². The molecule has 0 saturated carbocycles. The molecule has 2 unspecified atom stereocenters. The first kappa shape index (κ1) is 17.2. The van der Waals surface area contributed by atoms with Crippen molar-refractivity contribution >= 4 is 11.6 Å². The molecule has 0 spiro atoms. The van der Waals surface area contributed by atoms with Gasteiger partial charge >= 0.3 is 0 Å². The third kappa shape index (κ3) is 3.39. The number of hydrogen-bond donors (Lipinski definition) is 1. The van der Waals surface area contributed by atoms with Gasteiger partial charge in [-0.1, -0.05) is 6.92 Å². The molecule has 0 aliphatic carbocycles. The Labute approximate surface area is 142 Å². The van der Waals surface area contributed by atoms with Crippen LogP contribution in [0.2, 0.25) is 0 Å². The highest BCUT2D eigenvalue weighted by Crippen LogP contribution is 2.26. The van der Waals surface area contributed by atoms with Gasteiger partial charge < -0.3 is 20.3 Å². The van der Waals surface area contributed by atoms with E-state index in [0.29, 0.717) is 56.6 Å². The molecule has 2 atom stereocenters. The number of anilines is 1. The highest BCUT2D eigenvalue weighted by atomic mass is 19.1. The van der Waals surface area contributed by atoms with Crippen LogP contribution >= 0.6 is 0 Å². The summed E-state index contributed by atoms with van der Waals surface area (Å²) in [5.41, 5.74) is 6.80. The summed E-state index contributed by atoms with van der Waals surface area (Å²) in [6.45, 7) is 5.80. The molecule has 0 radical (unpaired) electrons. The van der Waals surface area contributed by atoms with Crippen LogP contribution in [0, 0.1) is 11.7 Å². The van der Waals surface area contributed by atoms with Crippen molar-refractivity contribution in [1.29, 1.82) is 0 Å². The Morgan fingerprint density at radius 2 is 2.08 bits per heavy atom. The average molecular weight is 335 g/mol. The van der Waals surface area contributed by atoms with Gasteiger partial charge in [0, 0.05) is 37.8 Å². The van der Waals surface area contributed by atoms with Gasteiger partial charge in [-0.2, -0.15) is 0 Å². The zero-order valence-electron chi connectivity index (χ0n) is 14.2.